The van der Waals surface area contributed by atoms with E-state index in [0.29, 0.717) is 17.7 Å². The van der Waals surface area contributed by atoms with Crippen LogP contribution in [-0.2, 0) is 0 Å². The zero-order valence-electron chi connectivity index (χ0n) is 11.4. The van der Waals surface area contributed by atoms with Crippen LogP contribution in [0.15, 0.2) is 18.2 Å². The third-order valence-corrected chi connectivity index (χ3v) is 2.75. The van der Waals surface area contributed by atoms with Crippen LogP contribution in [0.2, 0.25) is 5.02 Å². The number of hydrogen-bond acceptors (Lipinski definition) is 4. The second kappa shape index (κ2) is 7.31. The minimum absolute atomic E-state index is 0.0616. The molecule has 6 heteroatoms. The molecule has 0 saturated carbocycles. The van der Waals surface area contributed by atoms with Gasteiger partial charge in [-0.15, -0.1) is 0 Å². The fourth-order valence-corrected chi connectivity index (χ4v) is 1.64. The highest BCUT2D eigenvalue weighted by atomic mass is 35.5. The number of nitrogens with zero attached hydrogens (tertiary/aromatic N) is 1. The number of benzene rings is 1. The van der Waals surface area contributed by atoms with Gasteiger partial charge in [-0.05, 0) is 6.07 Å². The fraction of sp³-hybridized carbons (Fsp3) is 0.538. The van der Waals surface area contributed by atoms with Crippen molar-refractivity contribution in [1.82, 2.24) is 5.32 Å². The first kappa shape index (κ1) is 15.7. The highest BCUT2D eigenvalue weighted by molar-refractivity contribution is 6.30. The molecule has 0 spiro atoms. The van der Waals surface area contributed by atoms with Crippen LogP contribution in [0.4, 0.5) is 5.69 Å². The number of nitro benzene ring substituents is 1. The van der Waals surface area contributed by atoms with Gasteiger partial charge in [-0.2, -0.15) is 0 Å². The van der Waals surface area contributed by atoms with Gasteiger partial charge in [0.1, 0.15) is 0 Å². The molecule has 19 heavy (non-hydrogen) atoms. The molecular formula is C13H19ClN2O3. The van der Waals surface area contributed by atoms with Crippen LogP contribution >= 0.6 is 11.6 Å². The van der Waals surface area contributed by atoms with E-state index in [1.54, 1.807) is 0 Å². The fourth-order valence-electron chi connectivity index (χ4n) is 1.48. The van der Waals surface area contributed by atoms with Crippen molar-refractivity contribution < 1.29 is 9.66 Å². The van der Waals surface area contributed by atoms with Crippen molar-refractivity contribution in [2.24, 2.45) is 5.92 Å². The Kier molecular flexibility index (Phi) is 6.05. The molecule has 1 aromatic rings. The number of nitrogens with one attached hydrogen (secondary N) is 1. The Morgan fingerprint density at radius 3 is 2.68 bits per heavy atom. The molecule has 1 atom stereocenters. The molecule has 0 aromatic heterocycles. The molecule has 106 valence electrons. The van der Waals surface area contributed by atoms with E-state index in [2.05, 4.69) is 19.2 Å². The summed E-state index contributed by atoms with van der Waals surface area (Å²) in [5.74, 6) is 0.467. The molecule has 0 fully saturated rings. The first-order valence-corrected chi connectivity index (χ1v) is 6.58. The lowest BCUT2D eigenvalue weighted by molar-refractivity contribution is -0.385. The quantitative estimate of drug-likeness (QED) is 0.617. The molecule has 1 N–H and O–H groups in total. The van der Waals surface area contributed by atoms with Gasteiger partial charge in [-0.25, -0.2) is 0 Å². The summed E-state index contributed by atoms with van der Waals surface area (Å²) < 4.78 is 5.51. The average molecular weight is 287 g/mol. The van der Waals surface area contributed by atoms with Crippen LogP contribution in [0.5, 0.6) is 5.75 Å². The van der Waals surface area contributed by atoms with Gasteiger partial charge in [0.15, 0.2) is 5.75 Å². The average Bonchev–Trinajstić information content (AvgIpc) is 2.33. The predicted octanol–water partition coefficient (Wildman–Crippen LogP) is 3.26. The van der Waals surface area contributed by atoms with E-state index in [1.165, 1.54) is 18.2 Å². The van der Waals surface area contributed by atoms with E-state index in [1.807, 2.05) is 6.92 Å². The van der Waals surface area contributed by atoms with Crippen LogP contribution in [-0.4, -0.2) is 24.1 Å². The summed E-state index contributed by atoms with van der Waals surface area (Å²) in [5, 5.41) is 14.6. The van der Waals surface area contributed by atoms with Gasteiger partial charge in [0.25, 0.3) is 0 Å². The minimum Gasteiger partial charge on any atom is -0.486 e. The van der Waals surface area contributed by atoms with E-state index < -0.39 is 4.92 Å². The monoisotopic (exact) mass is 286 g/mol. The Labute approximate surface area is 118 Å². The Hall–Kier alpha value is -1.33. The van der Waals surface area contributed by atoms with Crippen molar-refractivity contribution in [2.75, 3.05) is 13.2 Å². The Bertz CT molecular complexity index is 438. The lowest BCUT2D eigenvalue weighted by Crippen LogP contribution is -2.30. The molecule has 1 aromatic carbocycles. The van der Waals surface area contributed by atoms with Crippen molar-refractivity contribution in [3.63, 3.8) is 0 Å². The van der Waals surface area contributed by atoms with Crippen LogP contribution in [0.1, 0.15) is 20.8 Å². The van der Waals surface area contributed by atoms with Gasteiger partial charge in [0.05, 0.1) is 11.5 Å². The van der Waals surface area contributed by atoms with Crippen LogP contribution in [0, 0.1) is 16.0 Å². The molecule has 0 aliphatic heterocycles. The topological polar surface area (TPSA) is 64.4 Å². The normalized spacial score (nSPS) is 12.5. The number of ether oxygens (including phenoxy) is 1. The summed E-state index contributed by atoms with van der Waals surface area (Å²) in [6.45, 7) is 7.35. The first-order valence-electron chi connectivity index (χ1n) is 6.20. The SMILES string of the molecule is CC(CNC(C)C)COc1cc(Cl)ccc1[N+](=O)[O-]. The molecule has 0 heterocycles. The Morgan fingerprint density at radius 1 is 1.42 bits per heavy atom. The maximum absolute atomic E-state index is 10.9. The molecule has 1 rings (SSSR count). The Balaban J connectivity index is 2.61. The van der Waals surface area contributed by atoms with E-state index in [-0.39, 0.29) is 17.4 Å². The molecule has 5 nitrogen and oxygen atoms in total. The van der Waals surface area contributed by atoms with E-state index in [4.69, 9.17) is 16.3 Å². The van der Waals surface area contributed by atoms with Gasteiger partial charge in [0.2, 0.25) is 0 Å². The number of halogens is 1. The summed E-state index contributed by atoms with van der Waals surface area (Å²) in [7, 11) is 0. The number of hydrogen-bond donors (Lipinski definition) is 1. The maximum atomic E-state index is 10.9. The van der Waals surface area contributed by atoms with Crippen molar-refractivity contribution in [2.45, 2.75) is 26.8 Å². The number of rotatable bonds is 7. The van der Waals surface area contributed by atoms with E-state index >= 15 is 0 Å². The Morgan fingerprint density at radius 2 is 2.11 bits per heavy atom. The van der Waals surface area contributed by atoms with Crippen molar-refractivity contribution in [3.05, 3.63) is 33.3 Å². The van der Waals surface area contributed by atoms with Crippen LogP contribution in [0.3, 0.4) is 0 Å². The molecule has 0 aliphatic rings. The van der Waals surface area contributed by atoms with Gasteiger partial charge in [-0.3, -0.25) is 10.1 Å². The van der Waals surface area contributed by atoms with Gasteiger partial charge < -0.3 is 10.1 Å². The second-order valence-electron chi connectivity index (χ2n) is 4.85. The largest absolute Gasteiger partial charge is 0.486 e. The summed E-state index contributed by atoms with van der Waals surface area (Å²) in [6, 6.07) is 4.72. The third kappa shape index (κ3) is 5.44. The summed E-state index contributed by atoms with van der Waals surface area (Å²) in [6.07, 6.45) is 0. The highest BCUT2D eigenvalue weighted by Gasteiger charge is 2.16. The molecule has 1 unspecified atom stereocenters. The van der Waals surface area contributed by atoms with Crippen molar-refractivity contribution in [1.29, 1.82) is 0 Å². The van der Waals surface area contributed by atoms with Crippen LogP contribution in [0.25, 0.3) is 0 Å². The van der Waals surface area contributed by atoms with Crippen LogP contribution < -0.4 is 10.1 Å². The molecule has 0 saturated heterocycles. The highest BCUT2D eigenvalue weighted by Crippen LogP contribution is 2.30. The van der Waals surface area contributed by atoms with Crippen molar-refractivity contribution >= 4 is 17.3 Å². The number of nitro groups is 1. The zero-order chi connectivity index (χ0) is 14.4. The zero-order valence-corrected chi connectivity index (χ0v) is 12.1. The standard InChI is InChI=1S/C13H19ClN2O3/c1-9(2)15-7-10(3)8-19-13-6-11(14)4-5-12(13)16(17)18/h4-6,9-10,15H,7-8H2,1-3H3. The molecule has 0 aliphatic carbocycles. The predicted molar refractivity (Wildman–Crippen MR) is 75.9 cm³/mol. The lowest BCUT2D eigenvalue weighted by Gasteiger charge is -2.15. The summed E-state index contributed by atoms with van der Waals surface area (Å²) in [4.78, 5) is 10.4. The minimum atomic E-state index is -0.470. The maximum Gasteiger partial charge on any atom is 0.311 e. The molecule has 0 radical (unpaired) electrons. The van der Waals surface area contributed by atoms with Crippen molar-refractivity contribution in [3.8, 4) is 5.75 Å². The molecule has 0 bridgehead atoms. The lowest BCUT2D eigenvalue weighted by atomic mass is 10.2. The smallest absolute Gasteiger partial charge is 0.311 e. The summed E-state index contributed by atoms with van der Waals surface area (Å²) >= 11 is 5.82. The molecular weight excluding hydrogens is 268 g/mol. The van der Waals surface area contributed by atoms with Gasteiger partial charge in [0, 0.05) is 35.7 Å². The van der Waals surface area contributed by atoms with Gasteiger partial charge in [-0.1, -0.05) is 32.4 Å². The first-order chi connectivity index (χ1) is 8.90. The molecule has 0 amide bonds. The summed E-state index contributed by atoms with van der Waals surface area (Å²) in [5.41, 5.74) is -0.0616. The second-order valence-corrected chi connectivity index (χ2v) is 5.28. The van der Waals surface area contributed by atoms with Gasteiger partial charge >= 0.3 is 5.69 Å². The third-order valence-electron chi connectivity index (χ3n) is 2.52. The van der Waals surface area contributed by atoms with E-state index in [9.17, 15) is 10.1 Å². The van der Waals surface area contributed by atoms with E-state index in [0.717, 1.165) is 6.54 Å².